The summed E-state index contributed by atoms with van der Waals surface area (Å²) in [6.45, 7) is 0.250. The summed E-state index contributed by atoms with van der Waals surface area (Å²) in [6, 6.07) is 8.31. The van der Waals surface area contributed by atoms with E-state index >= 15 is 0 Å². The molecule has 0 aliphatic carbocycles. The summed E-state index contributed by atoms with van der Waals surface area (Å²) in [7, 11) is 0. The zero-order chi connectivity index (χ0) is 11.4. The minimum absolute atomic E-state index is 0.250. The maximum Gasteiger partial charge on any atom is 0.320 e. The second-order valence-electron chi connectivity index (χ2n) is 3.06. The molecule has 0 saturated carbocycles. The average Bonchev–Trinajstić information content (AvgIpc) is 2.78. The van der Waals surface area contributed by atoms with Crippen molar-refractivity contribution >= 4 is 23.5 Å². The molecule has 5 nitrogen and oxygen atoms in total. The molecule has 0 fully saturated rings. The van der Waals surface area contributed by atoms with E-state index in [2.05, 4.69) is 15.5 Å². The smallest absolute Gasteiger partial charge is 0.320 e. The van der Waals surface area contributed by atoms with Crippen molar-refractivity contribution in [2.45, 2.75) is 11.4 Å². The standard InChI is InChI=1S/C10H12N4OS/c1-16-8-4-2-7(3-5-8)12-10-14-13-9(6-11)15-10/h2-5H,6,11H2,1H3,(H,12,14). The van der Waals surface area contributed by atoms with Crippen molar-refractivity contribution in [1.29, 1.82) is 0 Å². The van der Waals surface area contributed by atoms with Gasteiger partial charge in [0.05, 0.1) is 6.54 Å². The van der Waals surface area contributed by atoms with E-state index in [0.717, 1.165) is 5.69 Å². The van der Waals surface area contributed by atoms with Crippen LogP contribution < -0.4 is 11.1 Å². The number of rotatable bonds is 4. The minimum atomic E-state index is 0.250. The van der Waals surface area contributed by atoms with Crippen LogP contribution >= 0.6 is 11.8 Å². The Balaban J connectivity index is 2.08. The van der Waals surface area contributed by atoms with Gasteiger partial charge in [-0.05, 0) is 30.5 Å². The molecule has 0 unspecified atom stereocenters. The highest BCUT2D eigenvalue weighted by Gasteiger charge is 2.03. The lowest BCUT2D eigenvalue weighted by Gasteiger charge is -2.01. The first-order chi connectivity index (χ1) is 7.81. The molecule has 0 aliphatic heterocycles. The van der Waals surface area contributed by atoms with Crippen LogP contribution in [-0.2, 0) is 6.54 Å². The number of nitrogens with one attached hydrogen (secondary N) is 1. The lowest BCUT2D eigenvalue weighted by atomic mass is 10.3. The van der Waals surface area contributed by atoms with Crippen LogP contribution in [0.2, 0.25) is 0 Å². The molecular formula is C10H12N4OS. The van der Waals surface area contributed by atoms with Crippen LogP contribution in [0.5, 0.6) is 0 Å². The van der Waals surface area contributed by atoms with Gasteiger partial charge in [-0.15, -0.1) is 16.9 Å². The van der Waals surface area contributed by atoms with Gasteiger partial charge in [-0.25, -0.2) is 0 Å². The van der Waals surface area contributed by atoms with Gasteiger partial charge >= 0.3 is 6.01 Å². The summed E-state index contributed by atoms with van der Waals surface area (Å²) in [5.74, 6) is 0.420. The predicted molar refractivity (Wildman–Crippen MR) is 63.7 cm³/mol. The third kappa shape index (κ3) is 2.53. The number of hydrogen-bond acceptors (Lipinski definition) is 6. The van der Waals surface area contributed by atoms with E-state index in [4.69, 9.17) is 10.2 Å². The zero-order valence-electron chi connectivity index (χ0n) is 8.80. The first kappa shape index (κ1) is 11.0. The summed E-state index contributed by atoms with van der Waals surface area (Å²) in [6.07, 6.45) is 2.04. The van der Waals surface area contributed by atoms with Gasteiger partial charge in [0.25, 0.3) is 0 Å². The monoisotopic (exact) mass is 236 g/mol. The highest BCUT2D eigenvalue weighted by Crippen LogP contribution is 2.20. The van der Waals surface area contributed by atoms with Crippen molar-refractivity contribution in [2.24, 2.45) is 5.73 Å². The van der Waals surface area contributed by atoms with Gasteiger partial charge in [0.1, 0.15) is 0 Å². The van der Waals surface area contributed by atoms with Crippen LogP contribution in [0.1, 0.15) is 5.89 Å². The Morgan fingerprint density at radius 3 is 2.62 bits per heavy atom. The lowest BCUT2D eigenvalue weighted by Crippen LogP contribution is -1.95. The van der Waals surface area contributed by atoms with Crippen LogP contribution in [0.3, 0.4) is 0 Å². The molecular weight excluding hydrogens is 224 g/mol. The SMILES string of the molecule is CSc1ccc(Nc2nnc(CN)o2)cc1. The normalized spacial score (nSPS) is 10.4. The number of aromatic nitrogens is 2. The molecule has 0 saturated heterocycles. The highest BCUT2D eigenvalue weighted by molar-refractivity contribution is 7.98. The van der Waals surface area contributed by atoms with Gasteiger partial charge in [-0.1, -0.05) is 5.10 Å². The third-order valence-corrected chi connectivity index (χ3v) is 2.73. The van der Waals surface area contributed by atoms with Gasteiger partial charge < -0.3 is 15.5 Å². The van der Waals surface area contributed by atoms with Gasteiger partial charge in [0, 0.05) is 10.6 Å². The van der Waals surface area contributed by atoms with E-state index in [1.807, 2.05) is 30.5 Å². The van der Waals surface area contributed by atoms with E-state index in [-0.39, 0.29) is 6.54 Å². The number of nitrogens with two attached hydrogens (primary N) is 1. The summed E-state index contributed by atoms with van der Waals surface area (Å²) in [5, 5.41) is 10.6. The molecule has 0 spiro atoms. The number of anilines is 2. The molecule has 2 aromatic rings. The van der Waals surface area contributed by atoms with Crippen molar-refractivity contribution in [3.63, 3.8) is 0 Å². The molecule has 2 rings (SSSR count). The number of hydrogen-bond donors (Lipinski definition) is 2. The number of nitrogens with zero attached hydrogens (tertiary/aromatic N) is 2. The van der Waals surface area contributed by atoms with Crippen LogP contribution in [-0.4, -0.2) is 16.5 Å². The van der Waals surface area contributed by atoms with Gasteiger partial charge in [0.2, 0.25) is 5.89 Å². The molecule has 0 amide bonds. The van der Waals surface area contributed by atoms with E-state index in [0.29, 0.717) is 11.9 Å². The summed E-state index contributed by atoms with van der Waals surface area (Å²) >= 11 is 1.70. The Morgan fingerprint density at radius 1 is 1.31 bits per heavy atom. The van der Waals surface area contributed by atoms with Crippen LogP contribution in [0, 0.1) is 0 Å². The van der Waals surface area contributed by atoms with E-state index in [1.165, 1.54) is 4.90 Å². The quantitative estimate of drug-likeness (QED) is 0.790. The fraction of sp³-hybridized carbons (Fsp3) is 0.200. The topological polar surface area (TPSA) is 77.0 Å². The Bertz CT molecular complexity index is 454. The largest absolute Gasteiger partial charge is 0.406 e. The molecule has 3 N–H and O–H groups in total. The van der Waals surface area contributed by atoms with Gasteiger partial charge in [0.15, 0.2) is 0 Å². The molecule has 0 atom stereocenters. The first-order valence-electron chi connectivity index (χ1n) is 4.75. The molecule has 0 bridgehead atoms. The molecule has 84 valence electrons. The third-order valence-electron chi connectivity index (χ3n) is 1.98. The maximum atomic E-state index is 5.37. The van der Waals surface area contributed by atoms with Crippen LogP contribution in [0.15, 0.2) is 33.6 Å². The lowest BCUT2D eigenvalue weighted by molar-refractivity contribution is 0.511. The van der Waals surface area contributed by atoms with Crippen molar-refractivity contribution in [3.05, 3.63) is 30.2 Å². The second-order valence-corrected chi connectivity index (χ2v) is 3.94. The molecule has 6 heteroatoms. The van der Waals surface area contributed by atoms with Crippen molar-refractivity contribution in [2.75, 3.05) is 11.6 Å². The molecule has 1 aromatic carbocycles. The number of thioether (sulfide) groups is 1. The molecule has 1 aromatic heterocycles. The zero-order valence-corrected chi connectivity index (χ0v) is 9.62. The molecule has 1 heterocycles. The highest BCUT2D eigenvalue weighted by atomic mass is 32.2. The van der Waals surface area contributed by atoms with E-state index in [9.17, 15) is 0 Å². The van der Waals surface area contributed by atoms with Crippen molar-refractivity contribution in [1.82, 2.24) is 10.2 Å². The van der Waals surface area contributed by atoms with Gasteiger partial charge in [-0.2, -0.15) is 0 Å². The maximum absolute atomic E-state index is 5.37. The Morgan fingerprint density at radius 2 is 2.06 bits per heavy atom. The summed E-state index contributed by atoms with van der Waals surface area (Å²) < 4.78 is 5.23. The van der Waals surface area contributed by atoms with E-state index < -0.39 is 0 Å². The summed E-state index contributed by atoms with van der Waals surface area (Å²) in [5.41, 5.74) is 6.28. The minimum Gasteiger partial charge on any atom is -0.406 e. The van der Waals surface area contributed by atoms with E-state index in [1.54, 1.807) is 11.8 Å². The van der Waals surface area contributed by atoms with Gasteiger partial charge in [-0.3, -0.25) is 0 Å². The Labute approximate surface area is 97.4 Å². The fourth-order valence-corrected chi connectivity index (χ4v) is 1.59. The average molecular weight is 236 g/mol. The molecule has 0 radical (unpaired) electrons. The Kier molecular flexibility index (Phi) is 3.43. The molecule has 16 heavy (non-hydrogen) atoms. The van der Waals surface area contributed by atoms with Crippen molar-refractivity contribution < 1.29 is 4.42 Å². The predicted octanol–water partition coefficient (Wildman–Crippen LogP) is 1.99. The molecule has 0 aliphatic rings. The van der Waals surface area contributed by atoms with Crippen LogP contribution in [0.25, 0.3) is 0 Å². The fourth-order valence-electron chi connectivity index (χ4n) is 1.18. The first-order valence-corrected chi connectivity index (χ1v) is 5.98. The summed E-state index contributed by atoms with van der Waals surface area (Å²) in [4.78, 5) is 1.21. The number of benzene rings is 1. The Hall–Kier alpha value is -1.53. The second kappa shape index (κ2) is 5.00. The van der Waals surface area contributed by atoms with Crippen molar-refractivity contribution in [3.8, 4) is 0 Å². The van der Waals surface area contributed by atoms with Crippen LogP contribution in [0.4, 0.5) is 11.7 Å².